The van der Waals surface area contributed by atoms with Gasteiger partial charge in [0.05, 0.1) is 19.1 Å². The van der Waals surface area contributed by atoms with Crippen LogP contribution in [0.2, 0.25) is 0 Å². The number of nitrogens with one attached hydrogen (secondary N) is 1. The van der Waals surface area contributed by atoms with Crippen LogP contribution >= 0.6 is 0 Å². The summed E-state index contributed by atoms with van der Waals surface area (Å²) < 4.78 is 5.37. The molecule has 2 aromatic rings. The van der Waals surface area contributed by atoms with Crippen molar-refractivity contribution in [3.63, 3.8) is 0 Å². The van der Waals surface area contributed by atoms with Crippen LogP contribution in [0.25, 0.3) is 0 Å². The van der Waals surface area contributed by atoms with Crippen LogP contribution in [0.1, 0.15) is 36.8 Å². The standard InChI is InChI=1S/C21H27N3O2/c1-2-6-19(18-7-4-3-5-8-18)21(25)23-16-17-9-10-20(22-15-17)24-11-13-26-14-12-24/h3-5,7-10,15,19H,2,6,11-14,16H2,1H3,(H,23,25)/t19-/m1/s1. The highest BCUT2D eigenvalue weighted by Gasteiger charge is 2.19. The van der Waals surface area contributed by atoms with Crippen molar-refractivity contribution in [3.05, 3.63) is 59.8 Å². The molecule has 5 heteroatoms. The molecule has 5 nitrogen and oxygen atoms in total. The fourth-order valence-corrected chi connectivity index (χ4v) is 3.24. The van der Waals surface area contributed by atoms with Gasteiger partial charge in [0.25, 0.3) is 0 Å². The quantitative estimate of drug-likeness (QED) is 0.831. The molecule has 26 heavy (non-hydrogen) atoms. The number of nitrogens with zero attached hydrogens (tertiary/aromatic N) is 2. The number of carbonyl (C=O) groups is 1. The van der Waals surface area contributed by atoms with Gasteiger partial charge in [-0.3, -0.25) is 4.79 Å². The normalized spacial score (nSPS) is 15.5. The highest BCUT2D eigenvalue weighted by molar-refractivity contribution is 5.83. The maximum Gasteiger partial charge on any atom is 0.227 e. The van der Waals surface area contributed by atoms with E-state index in [0.717, 1.165) is 56.1 Å². The van der Waals surface area contributed by atoms with Crippen molar-refractivity contribution in [3.8, 4) is 0 Å². The molecule has 1 fully saturated rings. The summed E-state index contributed by atoms with van der Waals surface area (Å²) in [6, 6.07) is 14.1. The first kappa shape index (κ1) is 18.4. The number of amides is 1. The molecule has 0 radical (unpaired) electrons. The number of benzene rings is 1. The Morgan fingerprint density at radius 1 is 1.19 bits per heavy atom. The maximum atomic E-state index is 12.7. The topological polar surface area (TPSA) is 54.5 Å². The summed E-state index contributed by atoms with van der Waals surface area (Å²) in [5, 5.41) is 3.07. The second kappa shape index (κ2) is 9.34. The molecule has 1 aromatic carbocycles. The van der Waals surface area contributed by atoms with E-state index in [1.807, 2.05) is 48.7 Å². The van der Waals surface area contributed by atoms with Gasteiger partial charge in [-0.05, 0) is 23.6 Å². The van der Waals surface area contributed by atoms with Crippen molar-refractivity contribution in [2.45, 2.75) is 32.2 Å². The van der Waals surface area contributed by atoms with Crippen LogP contribution in [-0.4, -0.2) is 37.2 Å². The molecule has 1 aromatic heterocycles. The molecule has 1 N–H and O–H groups in total. The lowest BCUT2D eigenvalue weighted by Gasteiger charge is -2.27. The van der Waals surface area contributed by atoms with Crippen LogP contribution < -0.4 is 10.2 Å². The van der Waals surface area contributed by atoms with Gasteiger partial charge in [0.2, 0.25) is 5.91 Å². The lowest BCUT2D eigenvalue weighted by molar-refractivity contribution is -0.122. The highest BCUT2D eigenvalue weighted by atomic mass is 16.5. The van der Waals surface area contributed by atoms with Crippen molar-refractivity contribution >= 4 is 11.7 Å². The van der Waals surface area contributed by atoms with Crippen molar-refractivity contribution in [1.29, 1.82) is 0 Å². The Morgan fingerprint density at radius 2 is 1.96 bits per heavy atom. The van der Waals surface area contributed by atoms with E-state index >= 15 is 0 Å². The largest absolute Gasteiger partial charge is 0.378 e. The number of rotatable bonds is 7. The van der Waals surface area contributed by atoms with Crippen LogP contribution in [0.3, 0.4) is 0 Å². The molecule has 0 spiro atoms. The third kappa shape index (κ3) is 4.82. The van der Waals surface area contributed by atoms with Gasteiger partial charge >= 0.3 is 0 Å². The summed E-state index contributed by atoms with van der Waals surface area (Å²) in [5.74, 6) is 0.952. The SMILES string of the molecule is CCC[C@@H](C(=O)NCc1ccc(N2CCOCC2)nc1)c1ccccc1. The van der Waals surface area contributed by atoms with Crippen LogP contribution in [0.15, 0.2) is 48.7 Å². The van der Waals surface area contributed by atoms with E-state index in [1.54, 1.807) is 0 Å². The van der Waals surface area contributed by atoms with E-state index in [9.17, 15) is 4.79 Å². The molecule has 3 rings (SSSR count). The molecule has 1 atom stereocenters. The van der Waals surface area contributed by atoms with Crippen LogP contribution in [0.4, 0.5) is 5.82 Å². The molecular formula is C21H27N3O2. The number of aromatic nitrogens is 1. The first-order valence-electron chi connectivity index (χ1n) is 9.38. The Kier molecular flexibility index (Phi) is 6.61. The van der Waals surface area contributed by atoms with E-state index < -0.39 is 0 Å². The van der Waals surface area contributed by atoms with Gasteiger partial charge in [-0.25, -0.2) is 4.98 Å². The molecule has 1 aliphatic rings. The molecule has 0 aliphatic carbocycles. The van der Waals surface area contributed by atoms with Gasteiger partial charge in [0.1, 0.15) is 5.82 Å². The van der Waals surface area contributed by atoms with E-state index in [1.165, 1.54) is 0 Å². The fourth-order valence-electron chi connectivity index (χ4n) is 3.24. The zero-order valence-electron chi connectivity index (χ0n) is 15.4. The number of carbonyl (C=O) groups excluding carboxylic acids is 1. The molecule has 2 heterocycles. The van der Waals surface area contributed by atoms with Gasteiger partial charge < -0.3 is 15.0 Å². The van der Waals surface area contributed by atoms with Gasteiger partial charge in [-0.15, -0.1) is 0 Å². The van der Waals surface area contributed by atoms with E-state index in [0.29, 0.717) is 6.54 Å². The predicted octanol–water partition coefficient (Wildman–Crippen LogP) is 3.12. The maximum absolute atomic E-state index is 12.7. The molecule has 0 bridgehead atoms. The lowest BCUT2D eigenvalue weighted by atomic mass is 9.93. The summed E-state index contributed by atoms with van der Waals surface area (Å²) in [4.78, 5) is 19.4. The lowest BCUT2D eigenvalue weighted by Crippen LogP contribution is -2.36. The zero-order chi connectivity index (χ0) is 18.2. The van der Waals surface area contributed by atoms with Crippen molar-refractivity contribution in [2.75, 3.05) is 31.2 Å². The highest BCUT2D eigenvalue weighted by Crippen LogP contribution is 2.21. The van der Waals surface area contributed by atoms with Crippen LogP contribution in [0, 0.1) is 0 Å². The summed E-state index contributed by atoms with van der Waals surface area (Å²) in [6.07, 6.45) is 3.68. The molecule has 1 saturated heterocycles. The summed E-state index contributed by atoms with van der Waals surface area (Å²) in [6.45, 7) is 5.85. The van der Waals surface area contributed by atoms with E-state index in [4.69, 9.17) is 4.74 Å². The average molecular weight is 353 g/mol. The summed E-state index contributed by atoms with van der Waals surface area (Å²) >= 11 is 0. The number of hydrogen-bond acceptors (Lipinski definition) is 4. The minimum atomic E-state index is -0.0956. The Labute approximate surface area is 155 Å². The van der Waals surface area contributed by atoms with Crippen LogP contribution in [-0.2, 0) is 16.1 Å². The molecular weight excluding hydrogens is 326 g/mol. The number of hydrogen-bond donors (Lipinski definition) is 1. The molecule has 0 unspecified atom stereocenters. The molecule has 138 valence electrons. The van der Waals surface area contributed by atoms with E-state index in [-0.39, 0.29) is 11.8 Å². The Morgan fingerprint density at radius 3 is 2.62 bits per heavy atom. The van der Waals surface area contributed by atoms with Gasteiger partial charge in [-0.2, -0.15) is 0 Å². The predicted molar refractivity (Wildman–Crippen MR) is 103 cm³/mol. The van der Waals surface area contributed by atoms with Crippen LogP contribution in [0.5, 0.6) is 0 Å². The summed E-state index contributed by atoms with van der Waals surface area (Å²) in [7, 11) is 0. The van der Waals surface area contributed by atoms with Gasteiger partial charge in [-0.1, -0.05) is 49.7 Å². The smallest absolute Gasteiger partial charge is 0.227 e. The number of morpholine rings is 1. The second-order valence-electron chi connectivity index (χ2n) is 6.59. The third-order valence-electron chi connectivity index (χ3n) is 4.71. The second-order valence-corrected chi connectivity index (χ2v) is 6.59. The average Bonchev–Trinajstić information content (AvgIpc) is 2.72. The molecule has 0 saturated carbocycles. The summed E-state index contributed by atoms with van der Waals surface area (Å²) in [5.41, 5.74) is 2.09. The van der Waals surface area contributed by atoms with Gasteiger partial charge in [0, 0.05) is 25.8 Å². The Hall–Kier alpha value is -2.40. The Balaban J connectivity index is 1.57. The van der Waals surface area contributed by atoms with E-state index in [2.05, 4.69) is 22.1 Å². The number of ether oxygens (including phenoxy) is 1. The number of anilines is 1. The van der Waals surface area contributed by atoms with Gasteiger partial charge in [0.15, 0.2) is 0 Å². The minimum Gasteiger partial charge on any atom is -0.378 e. The molecule has 1 amide bonds. The molecule has 1 aliphatic heterocycles. The first-order valence-corrected chi connectivity index (χ1v) is 9.38. The minimum absolute atomic E-state index is 0.0790. The number of pyridine rings is 1. The Bertz CT molecular complexity index is 682. The monoisotopic (exact) mass is 353 g/mol. The first-order chi connectivity index (χ1) is 12.8. The fraction of sp³-hybridized carbons (Fsp3) is 0.429. The van der Waals surface area contributed by atoms with Crippen molar-refractivity contribution < 1.29 is 9.53 Å². The third-order valence-corrected chi connectivity index (χ3v) is 4.71. The van der Waals surface area contributed by atoms with Crippen molar-refractivity contribution in [2.24, 2.45) is 0 Å². The van der Waals surface area contributed by atoms with Crippen molar-refractivity contribution in [1.82, 2.24) is 10.3 Å². The zero-order valence-corrected chi connectivity index (χ0v) is 15.4.